The molecule has 0 saturated heterocycles. The second-order valence-electron chi connectivity index (χ2n) is 5.91. The van der Waals surface area contributed by atoms with Crippen LogP contribution in [-0.2, 0) is 0 Å². The molecule has 3 nitrogen and oxygen atoms in total. The zero-order valence-electron chi connectivity index (χ0n) is 11.7. The van der Waals surface area contributed by atoms with E-state index in [1.165, 1.54) is 0 Å². The fourth-order valence-electron chi connectivity index (χ4n) is 2.76. The third kappa shape index (κ3) is 3.14. The lowest BCUT2D eigenvalue weighted by molar-refractivity contribution is -0.0752. The van der Waals surface area contributed by atoms with Gasteiger partial charge >= 0.3 is 0 Å². The number of rotatable bonds is 3. The lowest BCUT2D eigenvalue weighted by atomic mass is 9.85. The highest BCUT2D eigenvalue weighted by molar-refractivity contribution is 5.07. The van der Waals surface area contributed by atoms with Crippen LogP contribution in [0, 0.1) is 12.8 Å². The Morgan fingerprint density at radius 2 is 1.95 bits per heavy atom. The second-order valence-corrected chi connectivity index (χ2v) is 5.91. The molecule has 0 amide bonds. The number of aliphatic hydroxyl groups excluding tert-OH is 1. The van der Waals surface area contributed by atoms with Gasteiger partial charge in [-0.3, -0.25) is 0 Å². The molecule has 1 aromatic heterocycles. The maximum absolute atomic E-state index is 13.2. The van der Waals surface area contributed by atoms with Gasteiger partial charge in [-0.25, -0.2) is 13.8 Å². The molecule has 19 heavy (non-hydrogen) atoms. The molecule has 0 spiro atoms. The molecular weight excluding hydrogens is 250 g/mol. The number of imidazole rings is 1. The lowest BCUT2D eigenvalue weighted by Crippen LogP contribution is -2.30. The molecule has 1 heterocycles. The van der Waals surface area contributed by atoms with Crippen LogP contribution in [0.3, 0.4) is 0 Å². The van der Waals surface area contributed by atoms with Crippen LogP contribution in [0.5, 0.6) is 0 Å². The SMILES string of the molecule is Cc1cn(C(O)C2CCC(F)(F)CC2)c(C(C)C)n1. The van der Waals surface area contributed by atoms with E-state index in [9.17, 15) is 13.9 Å². The Kier molecular flexibility index (Phi) is 3.95. The average molecular weight is 272 g/mol. The fraction of sp³-hybridized carbons (Fsp3) is 0.786. The number of aromatic nitrogens is 2. The van der Waals surface area contributed by atoms with E-state index < -0.39 is 12.2 Å². The molecule has 1 aromatic rings. The summed E-state index contributed by atoms with van der Waals surface area (Å²) in [6.07, 6.45) is 1.55. The lowest BCUT2D eigenvalue weighted by Gasteiger charge is -2.32. The molecule has 0 radical (unpaired) electrons. The van der Waals surface area contributed by atoms with E-state index in [4.69, 9.17) is 0 Å². The van der Waals surface area contributed by atoms with E-state index in [-0.39, 0.29) is 24.7 Å². The minimum Gasteiger partial charge on any atom is -0.373 e. The molecule has 1 fully saturated rings. The quantitative estimate of drug-likeness (QED) is 0.912. The Morgan fingerprint density at radius 1 is 1.37 bits per heavy atom. The van der Waals surface area contributed by atoms with Crippen molar-refractivity contribution in [1.82, 2.24) is 9.55 Å². The maximum atomic E-state index is 13.2. The van der Waals surface area contributed by atoms with Crippen LogP contribution in [0.2, 0.25) is 0 Å². The van der Waals surface area contributed by atoms with Gasteiger partial charge in [-0.1, -0.05) is 13.8 Å². The van der Waals surface area contributed by atoms with Gasteiger partial charge in [0.05, 0.1) is 5.69 Å². The third-order valence-corrected chi connectivity index (χ3v) is 3.87. The smallest absolute Gasteiger partial charge is 0.248 e. The van der Waals surface area contributed by atoms with Gasteiger partial charge in [0.15, 0.2) is 0 Å². The third-order valence-electron chi connectivity index (χ3n) is 3.87. The average Bonchev–Trinajstić information content (AvgIpc) is 2.70. The van der Waals surface area contributed by atoms with Crippen LogP contribution >= 0.6 is 0 Å². The molecule has 0 bridgehead atoms. The number of hydrogen-bond acceptors (Lipinski definition) is 2. The fourth-order valence-corrected chi connectivity index (χ4v) is 2.76. The summed E-state index contributed by atoms with van der Waals surface area (Å²) in [6, 6.07) is 0. The van der Waals surface area contributed by atoms with Crippen LogP contribution in [0.1, 0.15) is 63.2 Å². The van der Waals surface area contributed by atoms with E-state index in [2.05, 4.69) is 4.98 Å². The Hall–Kier alpha value is -0.970. The van der Waals surface area contributed by atoms with E-state index in [1.807, 2.05) is 27.0 Å². The first-order chi connectivity index (χ1) is 8.80. The minimum absolute atomic E-state index is 0.106. The summed E-state index contributed by atoms with van der Waals surface area (Å²) < 4.78 is 28.1. The highest BCUT2D eigenvalue weighted by Crippen LogP contribution is 2.40. The molecule has 1 unspecified atom stereocenters. The summed E-state index contributed by atoms with van der Waals surface area (Å²) >= 11 is 0. The molecule has 1 aliphatic carbocycles. The van der Waals surface area contributed by atoms with Crippen molar-refractivity contribution in [3.63, 3.8) is 0 Å². The van der Waals surface area contributed by atoms with Crippen molar-refractivity contribution in [2.24, 2.45) is 5.92 Å². The van der Waals surface area contributed by atoms with Crippen molar-refractivity contribution in [3.05, 3.63) is 17.7 Å². The predicted molar refractivity (Wildman–Crippen MR) is 69.2 cm³/mol. The van der Waals surface area contributed by atoms with E-state index in [0.717, 1.165) is 11.5 Å². The molecular formula is C14H22F2N2O. The van der Waals surface area contributed by atoms with Crippen LogP contribution in [0.15, 0.2) is 6.20 Å². The Morgan fingerprint density at radius 3 is 2.47 bits per heavy atom. The highest BCUT2D eigenvalue weighted by atomic mass is 19.3. The highest BCUT2D eigenvalue weighted by Gasteiger charge is 2.38. The van der Waals surface area contributed by atoms with Gasteiger partial charge in [-0.05, 0) is 19.8 Å². The molecule has 5 heteroatoms. The van der Waals surface area contributed by atoms with Gasteiger partial charge < -0.3 is 9.67 Å². The van der Waals surface area contributed by atoms with Gasteiger partial charge in [0.1, 0.15) is 12.1 Å². The van der Waals surface area contributed by atoms with Crippen molar-refractivity contribution in [1.29, 1.82) is 0 Å². The van der Waals surface area contributed by atoms with Gasteiger partial charge in [0, 0.05) is 30.9 Å². The molecule has 0 aliphatic heterocycles. The number of halogens is 2. The minimum atomic E-state index is -2.55. The Balaban J connectivity index is 2.14. The number of nitrogens with zero attached hydrogens (tertiary/aromatic N) is 2. The zero-order valence-corrected chi connectivity index (χ0v) is 11.7. The topological polar surface area (TPSA) is 38.0 Å². The van der Waals surface area contributed by atoms with Crippen molar-refractivity contribution >= 4 is 0 Å². The predicted octanol–water partition coefficient (Wildman–Crippen LogP) is 3.63. The summed E-state index contributed by atoms with van der Waals surface area (Å²) in [5, 5.41) is 10.4. The van der Waals surface area contributed by atoms with Crippen molar-refractivity contribution in [2.45, 2.75) is 64.5 Å². The standard InChI is InChI=1S/C14H22F2N2O/c1-9(2)12-17-10(3)8-18(12)13(19)11-4-6-14(15,16)7-5-11/h8-9,11,13,19H,4-7H2,1-3H3. The van der Waals surface area contributed by atoms with Crippen LogP contribution in [-0.4, -0.2) is 20.6 Å². The van der Waals surface area contributed by atoms with Gasteiger partial charge in [0.25, 0.3) is 0 Å². The summed E-state index contributed by atoms with van der Waals surface area (Å²) in [4.78, 5) is 4.41. The van der Waals surface area contributed by atoms with Crippen LogP contribution < -0.4 is 0 Å². The summed E-state index contributed by atoms with van der Waals surface area (Å²) in [7, 11) is 0. The molecule has 2 rings (SSSR count). The van der Waals surface area contributed by atoms with E-state index in [1.54, 1.807) is 4.57 Å². The normalized spacial score (nSPS) is 21.8. The number of hydrogen-bond donors (Lipinski definition) is 1. The summed E-state index contributed by atoms with van der Waals surface area (Å²) in [5.41, 5.74) is 0.851. The molecule has 0 aromatic carbocycles. The van der Waals surface area contributed by atoms with E-state index >= 15 is 0 Å². The second kappa shape index (κ2) is 5.19. The first-order valence-electron chi connectivity index (χ1n) is 6.91. The first kappa shape index (κ1) is 14.4. The van der Waals surface area contributed by atoms with E-state index in [0.29, 0.717) is 12.8 Å². The molecule has 1 saturated carbocycles. The molecule has 108 valence electrons. The Labute approximate surface area is 112 Å². The molecule has 1 N–H and O–H groups in total. The van der Waals surface area contributed by atoms with Gasteiger partial charge in [0.2, 0.25) is 5.92 Å². The number of aliphatic hydroxyl groups is 1. The van der Waals surface area contributed by atoms with Crippen LogP contribution in [0.4, 0.5) is 8.78 Å². The van der Waals surface area contributed by atoms with Gasteiger partial charge in [-0.15, -0.1) is 0 Å². The number of aryl methyl sites for hydroxylation is 1. The van der Waals surface area contributed by atoms with Crippen molar-refractivity contribution in [3.8, 4) is 0 Å². The first-order valence-corrected chi connectivity index (χ1v) is 6.91. The largest absolute Gasteiger partial charge is 0.373 e. The maximum Gasteiger partial charge on any atom is 0.248 e. The van der Waals surface area contributed by atoms with Gasteiger partial charge in [-0.2, -0.15) is 0 Å². The summed E-state index contributed by atoms with van der Waals surface area (Å²) in [6.45, 7) is 5.91. The Bertz CT molecular complexity index is 433. The monoisotopic (exact) mass is 272 g/mol. The summed E-state index contributed by atoms with van der Waals surface area (Å²) in [5.74, 6) is -1.64. The molecule has 1 aliphatic rings. The number of alkyl halides is 2. The van der Waals surface area contributed by atoms with Crippen molar-refractivity contribution < 1.29 is 13.9 Å². The zero-order chi connectivity index (χ0) is 14.2. The van der Waals surface area contributed by atoms with Crippen LogP contribution in [0.25, 0.3) is 0 Å². The van der Waals surface area contributed by atoms with Crippen molar-refractivity contribution in [2.75, 3.05) is 0 Å². The molecule has 1 atom stereocenters.